The Labute approximate surface area is 160 Å². The van der Waals surface area contributed by atoms with E-state index in [2.05, 4.69) is 5.32 Å². The summed E-state index contributed by atoms with van der Waals surface area (Å²) < 4.78 is 15.2. The molecule has 2 aromatic rings. The number of aryl methyl sites for hydroxylation is 1. The van der Waals surface area contributed by atoms with Gasteiger partial charge in [0.1, 0.15) is 5.75 Å². The highest BCUT2D eigenvalue weighted by Gasteiger charge is 2.16. The third kappa shape index (κ3) is 4.80. The third-order valence-electron chi connectivity index (χ3n) is 3.40. The standard InChI is InChI=1S/C18H17Cl2NO5/c1-10-4-5-15(24-2)14(6-10)21-16(22)9-26-18(23)11-7-12(19)17(25-3)13(20)8-11/h4-8H,9H2,1-3H3,(H,21,22). The Morgan fingerprint density at radius 1 is 1.04 bits per heavy atom. The molecule has 6 nitrogen and oxygen atoms in total. The molecular formula is C18H17Cl2NO5. The van der Waals surface area contributed by atoms with Crippen LogP contribution in [-0.2, 0) is 9.53 Å². The lowest BCUT2D eigenvalue weighted by atomic mass is 10.2. The molecule has 0 bridgehead atoms. The second-order valence-electron chi connectivity index (χ2n) is 5.30. The first-order valence-corrected chi connectivity index (χ1v) is 8.26. The Balaban J connectivity index is 2.01. The molecule has 0 aliphatic rings. The zero-order chi connectivity index (χ0) is 19.3. The number of methoxy groups -OCH3 is 2. The number of carbonyl (C=O) groups is 2. The van der Waals surface area contributed by atoms with Crippen LogP contribution in [0.25, 0.3) is 0 Å². The van der Waals surface area contributed by atoms with Crippen molar-refractivity contribution < 1.29 is 23.8 Å². The van der Waals surface area contributed by atoms with Gasteiger partial charge in [0.15, 0.2) is 12.4 Å². The number of benzene rings is 2. The molecule has 0 aromatic heterocycles. The SMILES string of the molecule is COc1ccc(C)cc1NC(=O)COC(=O)c1cc(Cl)c(OC)c(Cl)c1. The Hall–Kier alpha value is -2.44. The van der Waals surface area contributed by atoms with Crippen LogP contribution in [0.15, 0.2) is 30.3 Å². The first kappa shape index (κ1) is 19.9. The summed E-state index contributed by atoms with van der Waals surface area (Å²) in [6, 6.07) is 8.05. The van der Waals surface area contributed by atoms with Crippen LogP contribution >= 0.6 is 23.2 Å². The maximum Gasteiger partial charge on any atom is 0.338 e. The minimum absolute atomic E-state index is 0.113. The molecule has 1 N–H and O–H groups in total. The average molecular weight is 398 g/mol. The molecule has 0 aliphatic heterocycles. The number of carbonyl (C=O) groups excluding carboxylic acids is 2. The molecule has 0 fully saturated rings. The van der Waals surface area contributed by atoms with Crippen LogP contribution in [0, 0.1) is 6.92 Å². The van der Waals surface area contributed by atoms with Gasteiger partial charge in [-0.3, -0.25) is 4.79 Å². The predicted molar refractivity (Wildman–Crippen MR) is 99.7 cm³/mol. The molecular weight excluding hydrogens is 381 g/mol. The summed E-state index contributed by atoms with van der Waals surface area (Å²) >= 11 is 12.0. The van der Waals surface area contributed by atoms with Gasteiger partial charge in [-0.1, -0.05) is 29.3 Å². The fourth-order valence-corrected chi connectivity index (χ4v) is 2.83. The second-order valence-corrected chi connectivity index (χ2v) is 6.12. The predicted octanol–water partition coefficient (Wildman–Crippen LogP) is 4.11. The van der Waals surface area contributed by atoms with Gasteiger partial charge in [-0.15, -0.1) is 0 Å². The number of hydrogen-bond acceptors (Lipinski definition) is 5. The van der Waals surface area contributed by atoms with E-state index in [4.69, 9.17) is 37.4 Å². The molecule has 0 saturated heterocycles. The molecule has 0 heterocycles. The summed E-state index contributed by atoms with van der Waals surface area (Å²) in [7, 11) is 2.91. The number of anilines is 1. The van der Waals surface area contributed by atoms with E-state index in [1.807, 2.05) is 13.0 Å². The van der Waals surface area contributed by atoms with E-state index < -0.39 is 18.5 Å². The molecule has 2 rings (SSSR count). The van der Waals surface area contributed by atoms with Gasteiger partial charge in [0.25, 0.3) is 5.91 Å². The van der Waals surface area contributed by atoms with Gasteiger partial charge in [0.2, 0.25) is 0 Å². The molecule has 0 unspecified atom stereocenters. The van der Waals surface area contributed by atoms with Crippen LogP contribution in [-0.4, -0.2) is 32.7 Å². The number of halogens is 2. The van der Waals surface area contributed by atoms with Gasteiger partial charge in [-0.25, -0.2) is 4.79 Å². The summed E-state index contributed by atoms with van der Waals surface area (Å²) in [5, 5.41) is 2.97. The molecule has 138 valence electrons. The average Bonchev–Trinajstić information content (AvgIpc) is 2.59. The lowest BCUT2D eigenvalue weighted by Crippen LogP contribution is -2.21. The van der Waals surface area contributed by atoms with Gasteiger partial charge in [-0.2, -0.15) is 0 Å². The van der Waals surface area contributed by atoms with Crippen LogP contribution in [0.2, 0.25) is 10.0 Å². The Morgan fingerprint density at radius 2 is 1.69 bits per heavy atom. The third-order valence-corrected chi connectivity index (χ3v) is 3.96. The normalized spacial score (nSPS) is 10.2. The van der Waals surface area contributed by atoms with E-state index >= 15 is 0 Å². The summed E-state index contributed by atoms with van der Waals surface area (Å²) in [6.45, 7) is 1.41. The molecule has 2 aromatic carbocycles. The number of esters is 1. The van der Waals surface area contributed by atoms with Crippen molar-refractivity contribution in [3.63, 3.8) is 0 Å². The van der Waals surface area contributed by atoms with Gasteiger partial charge in [-0.05, 0) is 36.8 Å². The van der Waals surface area contributed by atoms with Crippen molar-refractivity contribution in [1.82, 2.24) is 0 Å². The van der Waals surface area contributed by atoms with Crippen molar-refractivity contribution in [2.75, 3.05) is 26.1 Å². The van der Waals surface area contributed by atoms with Gasteiger partial charge in [0, 0.05) is 0 Å². The topological polar surface area (TPSA) is 73.9 Å². The van der Waals surface area contributed by atoms with E-state index in [-0.39, 0.29) is 21.4 Å². The number of ether oxygens (including phenoxy) is 3. The van der Waals surface area contributed by atoms with Gasteiger partial charge < -0.3 is 19.5 Å². The smallest absolute Gasteiger partial charge is 0.338 e. The zero-order valence-corrected chi connectivity index (χ0v) is 15.9. The summed E-state index contributed by atoms with van der Waals surface area (Å²) in [5.41, 5.74) is 1.55. The lowest BCUT2D eigenvalue weighted by molar-refractivity contribution is -0.119. The van der Waals surface area contributed by atoms with Gasteiger partial charge >= 0.3 is 5.97 Å². The summed E-state index contributed by atoms with van der Waals surface area (Å²) in [4.78, 5) is 24.1. The highest BCUT2D eigenvalue weighted by atomic mass is 35.5. The molecule has 26 heavy (non-hydrogen) atoms. The van der Waals surface area contributed by atoms with E-state index in [1.54, 1.807) is 12.1 Å². The maximum atomic E-state index is 12.1. The molecule has 0 spiro atoms. The fraction of sp³-hybridized carbons (Fsp3) is 0.222. The fourth-order valence-electron chi connectivity index (χ4n) is 2.19. The van der Waals surface area contributed by atoms with Crippen molar-refractivity contribution in [3.05, 3.63) is 51.5 Å². The highest BCUT2D eigenvalue weighted by Crippen LogP contribution is 2.34. The number of nitrogens with one attached hydrogen (secondary N) is 1. The zero-order valence-electron chi connectivity index (χ0n) is 14.4. The Kier molecular flexibility index (Phi) is 6.71. The Morgan fingerprint density at radius 3 is 2.27 bits per heavy atom. The maximum absolute atomic E-state index is 12.1. The quantitative estimate of drug-likeness (QED) is 0.742. The summed E-state index contributed by atoms with van der Waals surface area (Å²) in [5.74, 6) is -0.478. The lowest BCUT2D eigenvalue weighted by Gasteiger charge is -2.12. The number of hydrogen-bond donors (Lipinski definition) is 1. The van der Waals surface area contributed by atoms with E-state index in [1.165, 1.54) is 26.4 Å². The minimum Gasteiger partial charge on any atom is -0.495 e. The molecule has 8 heteroatoms. The van der Waals surface area contributed by atoms with Crippen LogP contribution in [0.1, 0.15) is 15.9 Å². The van der Waals surface area contributed by atoms with Crippen molar-refractivity contribution in [1.29, 1.82) is 0 Å². The Bertz CT molecular complexity index is 815. The van der Waals surface area contributed by atoms with Crippen molar-refractivity contribution in [2.24, 2.45) is 0 Å². The first-order chi connectivity index (χ1) is 12.3. The molecule has 1 amide bonds. The van der Waals surface area contributed by atoms with Crippen LogP contribution in [0.5, 0.6) is 11.5 Å². The van der Waals surface area contributed by atoms with Crippen molar-refractivity contribution >= 4 is 40.8 Å². The van der Waals surface area contributed by atoms with E-state index in [9.17, 15) is 9.59 Å². The molecule has 0 radical (unpaired) electrons. The monoisotopic (exact) mass is 397 g/mol. The van der Waals surface area contributed by atoms with Gasteiger partial charge in [0.05, 0.1) is 35.5 Å². The van der Waals surface area contributed by atoms with Crippen molar-refractivity contribution in [2.45, 2.75) is 6.92 Å². The second kappa shape index (κ2) is 8.78. The van der Waals surface area contributed by atoms with Crippen LogP contribution in [0.4, 0.5) is 5.69 Å². The molecule has 0 saturated carbocycles. The highest BCUT2D eigenvalue weighted by molar-refractivity contribution is 6.37. The number of rotatable bonds is 6. The first-order valence-electron chi connectivity index (χ1n) is 7.50. The summed E-state index contributed by atoms with van der Waals surface area (Å²) in [6.07, 6.45) is 0. The van der Waals surface area contributed by atoms with E-state index in [0.717, 1.165) is 5.56 Å². The van der Waals surface area contributed by atoms with Crippen LogP contribution in [0.3, 0.4) is 0 Å². The van der Waals surface area contributed by atoms with E-state index in [0.29, 0.717) is 11.4 Å². The minimum atomic E-state index is -0.734. The largest absolute Gasteiger partial charge is 0.495 e. The van der Waals surface area contributed by atoms with Crippen LogP contribution < -0.4 is 14.8 Å². The molecule has 0 aliphatic carbocycles. The number of amides is 1. The van der Waals surface area contributed by atoms with Crippen molar-refractivity contribution in [3.8, 4) is 11.5 Å². The molecule has 0 atom stereocenters.